The molecule has 1 unspecified atom stereocenters. The fourth-order valence-electron chi connectivity index (χ4n) is 2.24. The van der Waals surface area contributed by atoms with E-state index in [-0.39, 0.29) is 5.75 Å². The number of hydrogen-bond acceptors (Lipinski definition) is 4. The fraction of sp³-hybridized carbons (Fsp3) is 0.316. The molecule has 0 aromatic heterocycles. The highest BCUT2D eigenvalue weighted by atomic mass is 32.1. The molecule has 26 heavy (non-hydrogen) atoms. The minimum atomic E-state index is -1.14. The number of nitrogens with zero attached hydrogens (tertiary/aromatic N) is 1. The van der Waals surface area contributed by atoms with Crippen molar-refractivity contribution in [2.45, 2.75) is 32.4 Å². The Morgan fingerprint density at radius 1 is 1.23 bits per heavy atom. The van der Waals surface area contributed by atoms with Crippen LogP contribution in [0.2, 0.25) is 0 Å². The molecule has 0 fully saturated rings. The van der Waals surface area contributed by atoms with Gasteiger partial charge in [-0.2, -0.15) is 12.6 Å². The summed E-state index contributed by atoms with van der Waals surface area (Å²) in [6, 6.07) is 9.55. The second-order valence-electron chi connectivity index (χ2n) is 6.99. The number of carboxylic acid groups (broad SMARTS) is 1. The zero-order chi connectivity index (χ0) is 19.5. The van der Waals surface area contributed by atoms with Crippen molar-refractivity contribution in [2.24, 2.45) is 0 Å². The lowest BCUT2D eigenvalue weighted by atomic mass is 10.0. The average molecular weight is 374 g/mol. The van der Waals surface area contributed by atoms with E-state index in [4.69, 9.17) is 5.11 Å². The van der Waals surface area contributed by atoms with Gasteiger partial charge in [-0.25, -0.2) is 9.53 Å². The molecular weight excluding hydrogens is 352 g/mol. The third-order valence-corrected chi connectivity index (χ3v) is 4.21. The third kappa shape index (κ3) is 4.76. The fourth-order valence-corrected chi connectivity index (χ4v) is 2.49. The number of rotatable bonds is 5. The Morgan fingerprint density at radius 2 is 1.88 bits per heavy atom. The van der Waals surface area contributed by atoms with Crippen molar-refractivity contribution in [1.29, 1.82) is 0 Å². The van der Waals surface area contributed by atoms with Crippen molar-refractivity contribution < 1.29 is 19.4 Å². The first-order valence-electron chi connectivity index (χ1n) is 8.11. The Morgan fingerprint density at radius 3 is 2.46 bits per heavy atom. The van der Waals surface area contributed by atoms with E-state index in [0.29, 0.717) is 5.56 Å². The second-order valence-corrected chi connectivity index (χ2v) is 7.36. The van der Waals surface area contributed by atoms with Gasteiger partial charge < -0.3 is 15.6 Å². The number of thiol groups is 1. The van der Waals surface area contributed by atoms with Crippen LogP contribution in [0.4, 0.5) is 0 Å². The molecule has 7 heteroatoms. The van der Waals surface area contributed by atoms with Crippen LogP contribution in [-0.2, 0) is 4.79 Å². The topological polar surface area (TPSA) is 92.5 Å². The number of carbonyl (C=O) groups is 2. The molecule has 0 radical (unpaired) electrons. The van der Waals surface area contributed by atoms with Gasteiger partial charge in [0.15, 0.2) is 11.8 Å². The predicted octanol–water partition coefficient (Wildman–Crippen LogP) is 2.68. The van der Waals surface area contributed by atoms with E-state index in [1.807, 2.05) is 39.0 Å². The number of carbonyl (C=O) groups excluding carboxylic acids is 1. The molecule has 2 aromatic carbocycles. The zero-order valence-electron chi connectivity index (χ0n) is 14.9. The van der Waals surface area contributed by atoms with E-state index in [1.165, 1.54) is 6.21 Å². The van der Waals surface area contributed by atoms with Crippen molar-refractivity contribution >= 4 is 41.5 Å². The largest absolute Gasteiger partial charge is 0.623 e. The first-order valence-corrected chi connectivity index (χ1v) is 8.75. The van der Waals surface area contributed by atoms with Crippen LogP contribution in [0, 0.1) is 5.21 Å². The molecule has 0 aliphatic carbocycles. The van der Waals surface area contributed by atoms with Crippen LogP contribution in [0.1, 0.15) is 36.7 Å². The van der Waals surface area contributed by atoms with Crippen molar-refractivity contribution in [3.63, 3.8) is 0 Å². The highest BCUT2D eigenvalue weighted by Gasteiger charge is 2.20. The number of fused-ring (bicyclic) bond motifs is 1. The van der Waals surface area contributed by atoms with Crippen LogP contribution in [-0.4, -0.2) is 45.3 Å². The summed E-state index contributed by atoms with van der Waals surface area (Å²) in [4.78, 5) is 23.3. The maximum Gasteiger partial charge on any atom is 0.327 e. The molecule has 0 heterocycles. The van der Waals surface area contributed by atoms with Gasteiger partial charge in [0.2, 0.25) is 0 Å². The summed E-state index contributed by atoms with van der Waals surface area (Å²) in [6.45, 7) is 5.46. The van der Waals surface area contributed by atoms with E-state index >= 15 is 0 Å². The molecule has 2 rings (SSSR count). The molecular formula is C19H22N2O4S. The van der Waals surface area contributed by atoms with Crippen molar-refractivity contribution in [3.05, 3.63) is 52.7 Å². The van der Waals surface area contributed by atoms with Crippen LogP contribution < -0.4 is 5.32 Å². The first kappa shape index (κ1) is 19.8. The molecule has 1 amide bonds. The minimum absolute atomic E-state index is 0.0000985. The molecule has 1 atom stereocenters. The Bertz CT molecular complexity index is 871. The van der Waals surface area contributed by atoms with Gasteiger partial charge in [0.05, 0.1) is 0 Å². The quantitative estimate of drug-likeness (QED) is 0.247. The highest BCUT2D eigenvalue weighted by Crippen LogP contribution is 2.18. The van der Waals surface area contributed by atoms with E-state index in [1.54, 1.807) is 18.2 Å². The molecule has 2 aromatic rings. The summed E-state index contributed by atoms with van der Waals surface area (Å²) in [5.41, 5.74) is 0.520. The van der Waals surface area contributed by atoms with Crippen LogP contribution in [0.15, 0.2) is 36.4 Å². The van der Waals surface area contributed by atoms with Gasteiger partial charge in [-0.05, 0) is 35.0 Å². The summed E-state index contributed by atoms with van der Waals surface area (Å²) in [5.74, 6) is -1.62. The average Bonchev–Trinajstić information content (AvgIpc) is 2.57. The number of carboxylic acids is 1. The molecule has 0 saturated heterocycles. The molecule has 0 saturated carbocycles. The third-order valence-electron chi connectivity index (χ3n) is 3.84. The van der Waals surface area contributed by atoms with Gasteiger partial charge in [0, 0.05) is 37.7 Å². The smallest absolute Gasteiger partial charge is 0.327 e. The van der Waals surface area contributed by atoms with Crippen molar-refractivity contribution in [2.75, 3.05) is 5.75 Å². The van der Waals surface area contributed by atoms with Crippen molar-refractivity contribution in [3.8, 4) is 0 Å². The van der Waals surface area contributed by atoms with Crippen molar-refractivity contribution in [1.82, 2.24) is 5.32 Å². The number of hydrogen-bond donors (Lipinski definition) is 3. The second kappa shape index (κ2) is 7.78. The number of amides is 1. The first-order chi connectivity index (χ1) is 12.1. The van der Waals surface area contributed by atoms with Gasteiger partial charge >= 0.3 is 5.97 Å². The van der Waals surface area contributed by atoms with Gasteiger partial charge in [0.25, 0.3) is 5.91 Å². The van der Waals surface area contributed by atoms with E-state index in [2.05, 4.69) is 17.9 Å². The summed E-state index contributed by atoms with van der Waals surface area (Å²) < 4.78 is 0.884. The predicted molar refractivity (Wildman–Crippen MR) is 105 cm³/mol. The van der Waals surface area contributed by atoms with Crippen LogP contribution >= 0.6 is 12.6 Å². The molecule has 0 spiro atoms. The summed E-state index contributed by atoms with van der Waals surface area (Å²) in [5, 5.41) is 25.3. The van der Waals surface area contributed by atoms with Crippen LogP contribution in [0.3, 0.4) is 0 Å². The van der Waals surface area contributed by atoms with Crippen LogP contribution in [0.25, 0.3) is 10.8 Å². The maximum atomic E-state index is 12.3. The summed E-state index contributed by atoms with van der Waals surface area (Å²) in [7, 11) is 0. The molecule has 2 N–H and O–H groups in total. The van der Waals surface area contributed by atoms with E-state index < -0.39 is 23.5 Å². The highest BCUT2D eigenvalue weighted by molar-refractivity contribution is 7.80. The van der Waals surface area contributed by atoms with Gasteiger partial charge in [-0.15, -0.1) is 0 Å². The normalized spacial score (nSPS) is 13.5. The van der Waals surface area contributed by atoms with E-state index in [0.717, 1.165) is 21.1 Å². The van der Waals surface area contributed by atoms with Gasteiger partial charge in [0.1, 0.15) is 6.04 Å². The number of benzene rings is 2. The molecule has 0 aliphatic heterocycles. The molecule has 138 valence electrons. The monoisotopic (exact) mass is 374 g/mol. The number of nitrogens with one attached hydrogen (secondary N) is 1. The van der Waals surface area contributed by atoms with E-state index in [9.17, 15) is 14.8 Å². The van der Waals surface area contributed by atoms with Gasteiger partial charge in [-0.1, -0.05) is 12.1 Å². The lowest BCUT2D eigenvalue weighted by molar-refractivity contribution is -0.530. The molecule has 0 aliphatic rings. The lowest BCUT2D eigenvalue weighted by Gasteiger charge is -2.18. The Kier molecular flexibility index (Phi) is 5.92. The lowest BCUT2D eigenvalue weighted by Crippen LogP contribution is -2.42. The van der Waals surface area contributed by atoms with Crippen LogP contribution in [0.5, 0.6) is 0 Å². The summed E-state index contributed by atoms with van der Waals surface area (Å²) >= 11 is 3.94. The molecule has 6 nitrogen and oxygen atoms in total. The SMILES string of the molecule is CC(C)(C)/[N+]([O-])=C/c1ccc2ccc(C(=O)NC(CS)C(=O)O)cc2c1. The summed E-state index contributed by atoms with van der Waals surface area (Å²) in [6.07, 6.45) is 1.51. The Labute approximate surface area is 157 Å². The zero-order valence-corrected chi connectivity index (χ0v) is 15.8. The Balaban J connectivity index is 2.34. The van der Waals surface area contributed by atoms with Gasteiger partial charge in [-0.3, -0.25) is 4.79 Å². The number of aliphatic carboxylic acids is 1. The standard InChI is InChI=1S/C19H22N2O4S/c1-19(2,3)21(25)10-12-4-5-13-6-7-14(9-15(13)8-12)17(22)20-16(11-26)18(23)24/h4-10,16,26H,11H2,1-3H3,(H,20,22)(H,23,24)/b21-10-. The minimum Gasteiger partial charge on any atom is -0.623 e. The molecule has 0 bridgehead atoms. The Hall–Kier alpha value is -2.54. The maximum absolute atomic E-state index is 12.3. The number of hydroxylamine groups is 1.